The van der Waals surface area contributed by atoms with E-state index in [9.17, 15) is 62.8 Å². The van der Waals surface area contributed by atoms with Crippen LogP contribution in [-0.4, -0.2) is 86.1 Å². The Morgan fingerprint density at radius 1 is 0.860 bits per heavy atom. The van der Waals surface area contributed by atoms with Crippen LogP contribution in [-0.2, 0) is 35.1 Å². The number of rotatable bonds is 10. The number of aliphatic carboxylic acids is 1. The molecule has 1 aliphatic carbocycles. The summed E-state index contributed by atoms with van der Waals surface area (Å²) in [4.78, 5) is 31.1. The number of nitrogens with one attached hydrogen (secondary N) is 1. The van der Waals surface area contributed by atoms with Crippen LogP contribution < -0.4 is 21.2 Å². The standard InChI is InChI=1S/C24H21N3O13S3.C2HF3O2/c25-16-6-4-13-18(15-10-11(23(28)29)2-3-12(15)24(30)31)14-5-7-17(26)22(43(37,38)39)20(14)40-19(13)21(16)42(35,36)27-8-1-9-41(32,33)34;3-2(4,5)1(6)7/h2-7,10,26-27H,1,8-9,25H2,(H,28,29)(H,30,31)(H,32,33,34)(H,37,38,39);(H,6,7)/p+1. The number of hydrogen-bond donors (Lipinski definition) is 8. The van der Waals surface area contributed by atoms with Crippen LogP contribution in [0, 0.1) is 0 Å². The first-order valence-corrected chi connectivity index (χ1v) is 17.5. The number of carbonyl (C=O) groups is 3. The third-order valence-electron chi connectivity index (χ3n) is 6.43. The Bertz CT molecular complexity index is 2410. The number of alkyl halides is 3. The largest absolute Gasteiger partial charge is 0.490 e. The van der Waals surface area contributed by atoms with Gasteiger partial charge in [0.15, 0.2) is 11.3 Å². The van der Waals surface area contributed by atoms with Crippen molar-refractivity contribution in [1.82, 2.24) is 4.72 Å². The van der Waals surface area contributed by atoms with Crippen LogP contribution in [0.2, 0.25) is 0 Å². The maximum absolute atomic E-state index is 13.4. The van der Waals surface area contributed by atoms with Gasteiger partial charge in [0, 0.05) is 29.1 Å². The molecule has 2 aliphatic rings. The van der Waals surface area contributed by atoms with E-state index in [4.69, 9.17) is 30.0 Å². The van der Waals surface area contributed by atoms with Gasteiger partial charge in [-0.05, 0) is 48.4 Å². The molecule has 0 saturated heterocycles. The molecule has 0 fully saturated rings. The molecule has 50 heavy (non-hydrogen) atoms. The van der Waals surface area contributed by atoms with Crippen LogP contribution >= 0.6 is 0 Å². The van der Waals surface area contributed by atoms with Crippen LogP contribution in [0.15, 0.2) is 56.7 Å². The number of carboxylic acids is 3. The first-order valence-electron chi connectivity index (χ1n) is 13.0. The Morgan fingerprint density at radius 2 is 1.46 bits per heavy atom. The number of halogens is 3. The molecule has 270 valence electrons. The lowest BCUT2D eigenvalue weighted by Gasteiger charge is -2.20. The van der Waals surface area contributed by atoms with Crippen molar-refractivity contribution in [2.24, 2.45) is 0 Å². The van der Waals surface area contributed by atoms with Crippen molar-refractivity contribution in [1.29, 1.82) is 0 Å². The highest BCUT2D eigenvalue weighted by molar-refractivity contribution is 7.90. The number of sulfonamides is 1. The first-order chi connectivity index (χ1) is 22.8. The number of carboxylic acid groups (broad SMARTS) is 3. The van der Waals surface area contributed by atoms with Gasteiger partial charge in [-0.1, -0.05) is 0 Å². The molecular weight excluding hydrogens is 747 g/mol. The summed E-state index contributed by atoms with van der Waals surface area (Å²) >= 11 is 0. The third kappa shape index (κ3) is 8.71. The fourth-order valence-electron chi connectivity index (χ4n) is 4.44. The lowest BCUT2D eigenvalue weighted by Crippen LogP contribution is -2.47. The highest BCUT2D eigenvalue weighted by Crippen LogP contribution is 2.45. The number of benzene rings is 3. The van der Waals surface area contributed by atoms with Gasteiger partial charge in [0.2, 0.25) is 20.3 Å². The Morgan fingerprint density at radius 3 is 1.96 bits per heavy atom. The zero-order chi connectivity index (χ0) is 38.1. The molecule has 2 aromatic carbocycles. The normalized spacial score (nSPS) is 12.3. The second kappa shape index (κ2) is 14.0. The molecule has 0 spiro atoms. The van der Waals surface area contributed by atoms with Gasteiger partial charge in [0.05, 0.1) is 22.6 Å². The monoisotopic (exact) mass is 770 g/mol. The number of anilines is 1. The third-order valence-corrected chi connectivity index (χ3v) is 9.72. The van der Waals surface area contributed by atoms with E-state index in [1.165, 1.54) is 12.1 Å². The van der Waals surface area contributed by atoms with Crippen molar-refractivity contribution >= 4 is 64.8 Å². The Labute approximate surface area is 278 Å². The highest BCUT2D eigenvalue weighted by Gasteiger charge is 2.38. The van der Waals surface area contributed by atoms with Crippen LogP contribution in [0.5, 0.6) is 0 Å². The van der Waals surface area contributed by atoms with Crippen molar-refractivity contribution in [3.8, 4) is 22.5 Å². The van der Waals surface area contributed by atoms with Gasteiger partial charge in [-0.25, -0.2) is 27.5 Å². The number of hydrogen-bond acceptors (Lipinski definition) is 11. The highest BCUT2D eigenvalue weighted by atomic mass is 32.2. The first kappa shape index (κ1) is 39.3. The van der Waals surface area contributed by atoms with Gasteiger partial charge < -0.3 is 25.5 Å². The fraction of sp³-hybridized carbons (Fsp3) is 0.154. The number of nitrogens with two attached hydrogens (primary N) is 2. The van der Waals surface area contributed by atoms with Crippen molar-refractivity contribution in [2.45, 2.75) is 22.4 Å². The molecule has 0 bridgehead atoms. The summed E-state index contributed by atoms with van der Waals surface area (Å²) < 4.78 is 132. The van der Waals surface area contributed by atoms with E-state index < -0.39 is 104 Å². The summed E-state index contributed by atoms with van der Waals surface area (Å²) in [6, 6.07) is 7.57. The van der Waals surface area contributed by atoms with E-state index in [1.54, 1.807) is 0 Å². The summed E-state index contributed by atoms with van der Waals surface area (Å²) in [5.74, 6) is -7.22. The molecule has 2 aromatic rings. The molecule has 4 rings (SSSR count). The van der Waals surface area contributed by atoms with Gasteiger partial charge >= 0.3 is 34.2 Å². The fourth-order valence-corrected chi connectivity index (χ4v) is 7.03. The summed E-state index contributed by atoms with van der Waals surface area (Å²) in [5, 5.41) is 31.8. The minimum Gasteiger partial charge on any atom is -0.478 e. The number of fused-ring (bicyclic) bond motifs is 2. The van der Waals surface area contributed by atoms with Crippen LogP contribution in [0.1, 0.15) is 27.1 Å². The zero-order valence-corrected chi connectivity index (χ0v) is 26.9. The average Bonchev–Trinajstić information content (AvgIpc) is 2.96. The SMILES string of the molecule is Nc1ccc2c(-c3cc(C(=O)O)ccc3C(=O)O)c3ccc(=[NH2+])c(S(=O)(=O)O)c-3oc2c1S(=O)(=O)NCCCS(=O)(=O)O.O=C(O)C(F)(F)F. The lowest BCUT2D eigenvalue weighted by atomic mass is 9.89. The summed E-state index contributed by atoms with van der Waals surface area (Å²) in [5.41, 5.74) is 3.37. The van der Waals surface area contributed by atoms with Gasteiger partial charge in [0.1, 0.15) is 4.90 Å². The molecule has 0 aromatic heterocycles. The van der Waals surface area contributed by atoms with Crippen LogP contribution in [0.3, 0.4) is 0 Å². The summed E-state index contributed by atoms with van der Waals surface area (Å²) in [6.45, 7) is -0.509. The van der Waals surface area contributed by atoms with Crippen LogP contribution in [0.4, 0.5) is 18.9 Å². The van der Waals surface area contributed by atoms with Crippen LogP contribution in [0.25, 0.3) is 33.4 Å². The second-order valence-corrected chi connectivity index (χ2v) is 14.5. The quantitative estimate of drug-likeness (QED) is 0.0464. The minimum atomic E-state index is -5.17. The van der Waals surface area contributed by atoms with Gasteiger partial charge in [-0.3, -0.25) is 14.5 Å². The zero-order valence-electron chi connectivity index (χ0n) is 24.5. The van der Waals surface area contributed by atoms with E-state index >= 15 is 0 Å². The number of aromatic carboxylic acids is 2. The van der Waals surface area contributed by atoms with E-state index in [2.05, 4.69) is 4.72 Å². The Kier molecular flexibility index (Phi) is 11.0. The van der Waals surface area contributed by atoms with Crippen molar-refractivity contribution < 1.29 is 87.1 Å². The predicted octanol–water partition coefficient (Wildman–Crippen LogP) is 0.279. The smallest absolute Gasteiger partial charge is 0.478 e. The van der Waals surface area contributed by atoms with Gasteiger partial charge in [-0.2, -0.15) is 30.0 Å². The minimum absolute atomic E-state index is 0.170. The Hall–Kier alpha value is -5.14. The molecule has 24 heteroatoms. The lowest BCUT2D eigenvalue weighted by molar-refractivity contribution is -0.192. The van der Waals surface area contributed by atoms with E-state index in [0.29, 0.717) is 0 Å². The molecule has 0 amide bonds. The maximum atomic E-state index is 13.4. The molecule has 0 atom stereocenters. The molecule has 0 radical (unpaired) electrons. The van der Waals surface area contributed by atoms with Crippen molar-refractivity contribution in [3.05, 3.63) is 58.9 Å². The van der Waals surface area contributed by atoms with E-state index in [1.807, 2.05) is 0 Å². The van der Waals surface area contributed by atoms with Crippen molar-refractivity contribution in [3.63, 3.8) is 0 Å². The molecule has 1 aliphatic heterocycles. The molecule has 10 N–H and O–H groups in total. The molecular formula is C26H23F3N3O15S3+. The Balaban J connectivity index is 0.000000872. The topological polar surface area (TPSA) is 332 Å². The summed E-state index contributed by atoms with van der Waals surface area (Å²) in [6.07, 6.45) is -5.44. The average molecular weight is 771 g/mol. The number of nitrogen functional groups attached to an aromatic ring is 1. The second-order valence-electron chi connectivity index (χ2n) is 9.88. The summed E-state index contributed by atoms with van der Waals surface area (Å²) in [7, 11) is -14.3. The van der Waals surface area contributed by atoms with E-state index in [0.717, 1.165) is 30.3 Å². The molecule has 0 saturated carbocycles. The van der Waals surface area contributed by atoms with E-state index in [-0.39, 0.29) is 34.1 Å². The van der Waals surface area contributed by atoms with Gasteiger partial charge in [-0.15, -0.1) is 0 Å². The van der Waals surface area contributed by atoms with Gasteiger partial charge in [0.25, 0.3) is 10.1 Å². The molecule has 0 unspecified atom stereocenters. The molecule has 18 nitrogen and oxygen atoms in total. The molecule has 1 heterocycles. The van der Waals surface area contributed by atoms with Crippen molar-refractivity contribution in [2.75, 3.05) is 18.0 Å². The predicted molar refractivity (Wildman–Crippen MR) is 161 cm³/mol. The maximum Gasteiger partial charge on any atom is 0.490 e.